The Hall–Kier alpha value is -3.75. The zero-order chi connectivity index (χ0) is 23.0. The fourth-order valence-electron chi connectivity index (χ4n) is 3.79. The van der Waals surface area contributed by atoms with Crippen LogP contribution in [0.1, 0.15) is 47.2 Å². The fourth-order valence-corrected chi connectivity index (χ4v) is 3.79. The molecule has 0 saturated heterocycles. The van der Waals surface area contributed by atoms with E-state index in [9.17, 15) is 14.4 Å². The van der Waals surface area contributed by atoms with Crippen molar-refractivity contribution in [3.8, 4) is 0 Å². The van der Waals surface area contributed by atoms with E-state index < -0.39 is 17.2 Å². The Balaban J connectivity index is 1.69. The number of aryl methyl sites for hydroxylation is 4. The number of ether oxygens (including phenoxy) is 1. The number of aromatic nitrogens is 5. The van der Waals surface area contributed by atoms with Crippen LogP contribution in [-0.2, 0) is 24.9 Å². The van der Waals surface area contributed by atoms with Gasteiger partial charge in [0, 0.05) is 24.7 Å². The molecular formula is C23H25N5O4. The number of esters is 1. The van der Waals surface area contributed by atoms with E-state index in [0.717, 1.165) is 29.3 Å². The third-order valence-electron chi connectivity index (χ3n) is 5.49. The summed E-state index contributed by atoms with van der Waals surface area (Å²) in [7, 11) is 1.66. The van der Waals surface area contributed by atoms with Crippen molar-refractivity contribution in [2.75, 3.05) is 0 Å². The molecule has 0 aliphatic carbocycles. The molecule has 0 aliphatic heterocycles. The number of fused-ring (bicyclic) bond motifs is 2. The molecule has 0 aliphatic rings. The maximum absolute atomic E-state index is 12.9. The summed E-state index contributed by atoms with van der Waals surface area (Å²) in [5.41, 5.74) is 2.42. The largest absolute Gasteiger partial charge is 0.454 e. The summed E-state index contributed by atoms with van der Waals surface area (Å²) in [6, 6.07) is 7.42. The summed E-state index contributed by atoms with van der Waals surface area (Å²) in [6.45, 7) is 6.09. The van der Waals surface area contributed by atoms with Crippen molar-refractivity contribution in [3.63, 3.8) is 0 Å². The highest BCUT2D eigenvalue weighted by molar-refractivity contribution is 6.03. The van der Waals surface area contributed by atoms with Crippen LogP contribution in [0.15, 0.2) is 33.9 Å². The number of hydrogen-bond acceptors (Lipinski definition) is 6. The molecule has 0 fully saturated rings. The summed E-state index contributed by atoms with van der Waals surface area (Å²) in [5, 5.41) is 0.718. The minimum Gasteiger partial charge on any atom is -0.454 e. The number of aromatic amines is 1. The number of pyridine rings is 1. The zero-order valence-electron chi connectivity index (χ0n) is 18.6. The molecule has 0 atom stereocenters. The van der Waals surface area contributed by atoms with Gasteiger partial charge in [-0.2, -0.15) is 0 Å². The number of hydrogen-bond donors (Lipinski definition) is 1. The predicted molar refractivity (Wildman–Crippen MR) is 121 cm³/mol. The Bertz CT molecular complexity index is 1460. The summed E-state index contributed by atoms with van der Waals surface area (Å²) < 4.78 is 8.58. The molecule has 9 heteroatoms. The van der Waals surface area contributed by atoms with Crippen LogP contribution in [0.25, 0.3) is 22.1 Å². The van der Waals surface area contributed by atoms with E-state index in [1.165, 1.54) is 4.57 Å². The molecule has 166 valence electrons. The highest BCUT2D eigenvalue weighted by atomic mass is 16.5. The van der Waals surface area contributed by atoms with Crippen LogP contribution in [0.2, 0.25) is 0 Å². The van der Waals surface area contributed by atoms with E-state index >= 15 is 0 Å². The lowest BCUT2D eigenvalue weighted by atomic mass is 10.1. The van der Waals surface area contributed by atoms with Crippen molar-refractivity contribution >= 4 is 28.0 Å². The standard InChI is InChI=1S/C23H25N5O4/c1-5-6-9-28-20-19(21(29)26-23(28)31)27(4)18(25-20)12-32-22(30)16-11-14(3)24-17-8-7-13(2)10-15(16)17/h7-8,10-11H,5-6,9,12H2,1-4H3,(H,26,29,31). The van der Waals surface area contributed by atoms with Crippen LogP contribution >= 0.6 is 0 Å². The van der Waals surface area contributed by atoms with Crippen molar-refractivity contribution in [3.05, 3.63) is 67.7 Å². The summed E-state index contributed by atoms with van der Waals surface area (Å²) in [4.78, 5) is 48.9. The Morgan fingerprint density at radius 3 is 2.69 bits per heavy atom. The van der Waals surface area contributed by atoms with E-state index in [0.29, 0.717) is 29.3 Å². The summed E-state index contributed by atoms with van der Waals surface area (Å²) in [5.74, 6) is -0.128. The van der Waals surface area contributed by atoms with Crippen LogP contribution in [0, 0.1) is 13.8 Å². The Labute approximate surface area is 183 Å². The summed E-state index contributed by atoms with van der Waals surface area (Å²) in [6.07, 6.45) is 1.67. The van der Waals surface area contributed by atoms with Crippen LogP contribution < -0.4 is 11.2 Å². The van der Waals surface area contributed by atoms with E-state index in [1.807, 2.05) is 39.0 Å². The second-order valence-corrected chi connectivity index (χ2v) is 7.93. The molecule has 4 rings (SSSR count). The zero-order valence-corrected chi connectivity index (χ0v) is 18.6. The molecule has 3 aromatic heterocycles. The number of nitrogens with zero attached hydrogens (tertiary/aromatic N) is 4. The van der Waals surface area contributed by atoms with Crippen molar-refractivity contribution in [1.29, 1.82) is 0 Å². The van der Waals surface area contributed by atoms with Crippen LogP contribution in [0.4, 0.5) is 0 Å². The van der Waals surface area contributed by atoms with Gasteiger partial charge in [0.2, 0.25) is 0 Å². The minimum atomic E-state index is -0.517. The molecule has 0 unspecified atom stereocenters. The number of unbranched alkanes of at least 4 members (excludes halogenated alkanes) is 1. The number of nitrogens with one attached hydrogen (secondary N) is 1. The second-order valence-electron chi connectivity index (χ2n) is 7.93. The van der Waals surface area contributed by atoms with Crippen LogP contribution in [-0.4, -0.2) is 30.1 Å². The quantitative estimate of drug-likeness (QED) is 0.466. The van der Waals surface area contributed by atoms with Gasteiger partial charge in [0.15, 0.2) is 11.2 Å². The highest BCUT2D eigenvalue weighted by Gasteiger charge is 2.19. The topological polar surface area (TPSA) is 112 Å². The normalized spacial score (nSPS) is 11.4. The van der Waals surface area contributed by atoms with Crippen LogP contribution in [0.5, 0.6) is 0 Å². The lowest BCUT2D eigenvalue weighted by Crippen LogP contribution is -2.31. The number of carbonyl (C=O) groups excluding carboxylic acids is 1. The number of benzene rings is 1. The van der Waals surface area contributed by atoms with Gasteiger partial charge in [-0.15, -0.1) is 0 Å². The van der Waals surface area contributed by atoms with Gasteiger partial charge in [0.25, 0.3) is 5.56 Å². The molecule has 0 saturated carbocycles. The van der Waals surface area contributed by atoms with Gasteiger partial charge < -0.3 is 9.30 Å². The number of imidazole rings is 1. The monoisotopic (exact) mass is 435 g/mol. The first-order valence-corrected chi connectivity index (χ1v) is 10.5. The van der Waals surface area contributed by atoms with Gasteiger partial charge >= 0.3 is 11.7 Å². The Kier molecular flexibility index (Phi) is 5.65. The number of rotatable bonds is 6. The van der Waals surface area contributed by atoms with Crippen molar-refractivity contribution in [1.82, 2.24) is 24.1 Å². The Morgan fingerprint density at radius 2 is 1.94 bits per heavy atom. The van der Waals surface area contributed by atoms with Gasteiger partial charge in [-0.25, -0.2) is 14.6 Å². The highest BCUT2D eigenvalue weighted by Crippen LogP contribution is 2.21. The lowest BCUT2D eigenvalue weighted by molar-refractivity contribution is 0.0462. The lowest BCUT2D eigenvalue weighted by Gasteiger charge is -2.09. The third-order valence-corrected chi connectivity index (χ3v) is 5.49. The molecule has 0 radical (unpaired) electrons. The van der Waals surface area contributed by atoms with Crippen molar-refractivity contribution < 1.29 is 9.53 Å². The fraction of sp³-hybridized carbons (Fsp3) is 0.348. The van der Waals surface area contributed by atoms with E-state index in [4.69, 9.17) is 4.74 Å². The van der Waals surface area contributed by atoms with E-state index in [-0.39, 0.29) is 12.1 Å². The third kappa shape index (κ3) is 3.81. The predicted octanol–water partition coefficient (Wildman–Crippen LogP) is 2.75. The van der Waals surface area contributed by atoms with Gasteiger partial charge in [-0.3, -0.25) is 19.3 Å². The molecule has 1 aromatic carbocycles. The van der Waals surface area contributed by atoms with Gasteiger partial charge in [0.1, 0.15) is 12.4 Å². The van der Waals surface area contributed by atoms with Crippen molar-refractivity contribution in [2.45, 2.75) is 46.8 Å². The molecule has 0 amide bonds. The first kappa shape index (κ1) is 21.5. The average molecular weight is 435 g/mol. The molecule has 0 bridgehead atoms. The summed E-state index contributed by atoms with van der Waals surface area (Å²) >= 11 is 0. The average Bonchev–Trinajstić information content (AvgIpc) is 3.08. The molecule has 0 spiro atoms. The number of carbonyl (C=O) groups is 1. The molecule has 9 nitrogen and oxygen atoms in total. The Morgan fingerprint density at radius 1 is 1.16 bits per heavy atom. The van der Waals surface area contributed by atoms with E-state index in [1.54, 1.807) is 17.7 Å². The smallest absolute Gasteiger partial charge is 0.339 e. The molecule has 3 heterocycles. The van der Waals surface area contributed by atoms with E-state index in [2.05, 4.69) is 15.0 Å². The van der Waals surface area contributed by atoms with Crippen molar-refractivity contribution in [2.24, 2.45) is 7.05 Å². The first-order chi connectivity index (χ1) is 15.3. The molecular weight excluding hydrogens is 410 g/mol. The molecule has 1 N–H and O–H groups in total. The van der Waals surface area contributed by atoms with Gasteiger partial charge in [-0.1, -0.05) is 25.0 Å². The minimum absolute atomic E-state index is 0.139. The van der Waals surface area contributed by atoms with Gasteiger partial charge in [-0.05, 0) is 38.5 Å². The van der Waals surface area contributed by atoms with Gasteiger partial charge in [0.05, 0.1) is 11.1 Å². The maximum atomic E-state index is 12.9. The molecule has 32 heavy (non-hydrogen) atoms. The van der Waals surface area contributed by atoms with Crippen LogP contribution in [0.3, 0.4) is 0 Å². The first-order valence-electron chi connectivity index (χ1n) is 10.5. The second kappa shape index (κ2) is 8.41. The SMILES string of the molecule is CCCCn1c(=O)[nH]c(=O)c2c1nc(COC(=O)c1cc(C)nc3ccc(C)cc13)n2C. The maximum Gasteiger partial charge on any atom is 0.339 e. The molecule has 4 aromatic rings. The number of H-pyrrole nitrogens is 1.